The predicted octanol–water partition coefficient (Wildman–Crippen LogP) is 3.19. The predicted molar refractivity (Wildman–Crippen MR) is 83.1 cm³/mol. The van der Waals surface area contributed by atoms with Gasteiger partial charge in [0.2, 0.25) is 5.91 Å². The number of nitrogens with two attached hydrogens (primary N) is 1. The van der Waals surface area contributed by atoms with Gasteiger partial charge in [-0.25, -0.2) is 4.39 Å². The van der Waals surface area contributed by atoms with Gasteiger partial charge in [-0.15, -0.1) is 0 Å². The number of amides is 1. The van der Waals surface area contributed by atoms with Crippen LogP contribution >= 0.6 is 15.9 Å². The van der Waals surface area contributed by atoms with E-state index in [0.717, 1.165) is 16.4 Å². The van der Waals surface area contributed by atoms with Crippen LogP contribution in [0.5, 0.6) is 0 Å². The number of benzene rings is 1. The van der Waals surface area contributed by atoms with Crippen LogP contribution in [0.1, 0.15) is 19.0 Å². The Morgan fingerprint density at radius 2 is 2.19 bits per heavy atom. The maximum Gasteiger partial charge on any atom is 0.249 e. The molecule has 0 spiro atoms. The van der Waals surface area contributed by atoms with Crippen LogP contribution in [0.15, 0.2) is 47.1 Å². The number of primary amides is 1. The summed E-state index contributed by atoms with van der Waals surface area (Å²) in [5.41, 5.74) is 5.51. The lowest BCUT2D eigenvalue weighted by atomic mass is 9.90. The van der Waals surface area contributed by atoms with Gasteiger partial charge in [-0.1, -0.05) is 28.9 Å². The zero-order chi connectivity index (χ0) is 15.5. The van der Waals surface area contributed by atoms with Crippen molar-refractivity contribution in [3.8, 4) is 0 Å². The first-order valence-electron chi connectivity index (χ1n) is 6.43. The lowest BCUT2D eigenvalue weighted by Gasteiger charge is -2.31. The second-order valence-corrected chi connectivity index (χ2v) is 5.54. The van der Waals surface area contributed by atoms with E-state index in [0.29, 0.717) is 12.1 Å². The molecule has 1 atom stereocenters. The SMILES string of the molecule is CCC(Nc1cccc(Br)c1)(C(N)=O)c1ccc(F)cn1. The fourth-order valence-electron chi connectivity index (χ4n) is 2.14. The molecule has 2 aromatic rings. The fraction of sp³-hybridized carbons (Fsp3) is 0.200. The summed E-state index contributed by atoms with van der Waals surface area (Å²) in [5, 5.41) is 3.13. The molecule has 0 saturated heterocycles. The molecule has 1 unspecified atom stereocenters. The highest BCUT2D eigenvalue weighted by Crippen LogP contribution is 2.29. The smallest absolute Gasteiger partial charge is 0.249 e. The van der Waals surface area contributed by atoms with Crippen molar-refractivity contribution in [3.63, 3.8) is 0 Å². The van der Waals surface area contributed by atoms with Gasteiger partial charge in [-0.3, -0.25) is 9.78 Å². The van der Waals surface area contributed by atoms with Crippen LogP contribution in [0, 0.1) is 5.82 Å². The van der Waals surface area contributed by atoms with E-state index < -0.39 is 17.3 Å². The number of carbonyl (C=O) groups is 1. The molecule has 1 heterocycles. The lowest BCUT2D eigenvalue weighted by molar-refractivity contribution is -0.122. The maximum absolute atomic E-state index is 13.1. The molecule has 2 rings (SSSR count). The number of nitrogens with zero attached hydrogens (tertiary/aromatic N) is 1. The van der Waals surface area contributed by atoms with E-state index in [2.05, 4.69) is 26.2 Å². The Labute approximate surface area is 130 Å². The second-order valence-electron chi connectivity index (χ2n) is 4.62. The molecule has 0 radical (unpaired) electrons. The summed E-state index contributed by atoms with van der Waals surface area (Å²) in [6, 6.07) is 10.1. The number of halogens is 2. The minimum absolute atomic E-state index is 0.382. The topological polar surface area (TPSA) is 68.0 Å². The summed E-state index contributed by atoms with van der Waals surface area (Å²) < 4.78 is 13.9. The van der Waals surface area contributed by atoms with Crippen molar-refractivity contribution in [1.29, 1.82) is 0 Å². The van der Waals surface area contributed by atoms with Crippen molar-refractivity contribution in [1.82, 2.24) is 4.98 Å². The molecule has 0 bridgehead atoms. The Bertz CT molecular complexity index is 648. The zero-order valence-electron chi connectivity index (χ0n) is 11.4. The standard InChI is InChI=1S/C15H15BrFN3O/c1-2-15(14(18)21,13-7-6-11(17)9-19-13)20-12-5-3-4-10(16)8-12/h3-9,20H,2H2,1H3,(H2,18,21). The molecule has 0 aliphatic carbocycles. The zero-order valence-corrected chi connectivity index (χ0v) is 13.0. The molecule has 6 heteroatoms. The van der Waals surface area contributed by atoms with Gasteiger partial charge in [-0.2, -0.15) is 0 Å². The number of aromatic nitrogens is 1. The van der Waals surface area contributed by atoms with E-state index in [9.17, 15) is 9.18 Å². The van der Waals surface area contributed by atoms with Crippen molar-refractivity contribution in [2.45, 2.75) is 18.9 Å². The van der Waals surface area contributed by atoms with Gasteiger partial charge >= 0.3 is 0 Å². The molecular weight excluding hydrogens is 337 g/mol. The molecule has 1 aromatic heterocycles. The van der Waals surface area contributed by atoms with E-state index >= 15 is 0 Å². The summed E-state index contributed by atoms with van der Waals surface area (Å²) in [5.74, 6) is -1.03. The number of carbonyl (C=O) groups excluding carboxylic acids is 1. The van der Waals surface area contributed by atoms with E-state index in [1.807, 2.05) is 31.2 Å². The van der Waals surface area contributed by atoms with Gasteiger partial charge < -0.3 is 11.1 Å². The third kappa shape index (κ3) is 3.21. The van der Waals surface area contributed by atoms with Crippen molar-refractivity contribution >= 4 is 27.5 Å². The summed E-state index contributed by atoms with van der Waals surface area (Å²) >= 11 is 3.37. The number of pyridine rings is 1. The molecule has 110 valence electrons. The van der Waals surface area contributed by atoms with Crippen LogP contribution in [0.25, 0.3) is 0 Å². The van der Waals surface area contributed by atoms with E-state index in [1.54, 1.807) is 0 Å². The fourth-order valence-corrected chi connectivity index (χ4v) is 2.54. The molecule has 3 N–H and O–H groups in total. The minimum atomic E-state index is -1.19. The Hall–Kier alpha value is -1.95. The maximum atomic E-state index is 13.1. The minimum Gasteiger partial charge on any atom is -0.367 e. The molecule has 4 nitrogen and oxygen atoms in total. The summed E-state index contributed by atoms with van der Waals surface area (Å²) in [4.78, 5) is 16.1. The highest BCUT2D eigenvalue weighted by atomic mass is 79.9. The van der Waals surface area contributed by atoms with E-state index in [4.69, 9.17) is 5.73 Å². The Morgan fingerprint density at radius 1 is 1.43 bits per heavy atom. The van der Waals surface area contributed by atoms with Gasteiger partial charge in [-0.05, 0) is 36.8 Å². The average molecular weight is 352 g/mol. The Balaban J connectivity index is 2.46. The van der Waals surface area contributed by atoms with E-state index in [1.165, 1.54) is 12.1 Å². The molecular formula is C15H15BrFN3O. The van der Waals surface area contributed by atoms with Crippen molar-refractivity contribution in [3.05, 3.63) is 58.6 Å². The van der Waals surface area contributed by atoms with Crippen LogP contribution in [0.3, 0.4) is 0 Å². The normalized spacial score (nSPS) is 13.5. The molecule has 0 aliphatic heterocycles. The summed E-state index contributed by atoms with van der Waals surface area (Å²) in [7, 11) is 0. The number of anilines is 1. The van der Waals surface area contributed by atoms with Crippen LogP contribution < -0.4 is 11.1 Å². The Kier molecular flexibility index (Phi) is 4.57. The first kappa shape index (κ1) is 15.4. The van der Waals surface area contributed by atoms with Gasteiger partial charge in [0.05, 0.1) is 11.9 Å². The summed E-state index contributed by atoms with van der Waals surface area (Å²) in [6.07, 6.45) is 1.46. The molecule has 0 fully saturated rings. The summed E-state index contributed by atoms with van der Waals surface area (Å²) in [6.45, 7) is 1.82. The molecule has 0 saturated carbocycles. The number of rotatable bonds is 5. The van der Waals surface area contributed by atoms with Gasteiger partial charge in [0, 0.05) is 10.2 Å². The molecule has 1 amide bonds. The van der Waals surface area contributed by atoms with Crippen molar-refractivity contribution < 1.29 is 9.18 Å². The molecule has 0 aliphatic rings. The van der Waals surface area contributed by atoms with Gasteiger partial charge in [0.15, 0.2) is 5.54 Å². The van der Waals surface area contributed by atoms with Gasteiger partial charge in [0.25, 0.3) is 0 Å². The van der Waals surface area contributed by atoms with Crippen LogP contribution in [-0.4, -0.2) is 10.9 Å². The number of hydrogen-bond donors (Lipinski definition) is 2. The third-order valence-electron chi connectivity index (χ3n) is 3.30. The quantitative estimate of drug-likeness (QED) is 0.869. The van der Waals surface area contributed by atoms with Gasteiger partial charge in [0.1, 0.15) is 5.82 Å². The van der Waals surface area contributed by atoms with Crippen molar-refractivity contribution in [2.75, 3.05) is 5.32 Å². The third-order valence-corrected chi connectivity index (χ3v) is 3.79. The Morgan fingerprint density at radius 3 is 2.71 bits per heavy atom. The first-order chi connectivity index (χ1) is 9.98. The highest BCUT2D eigenvalue weighted by Gasteiger charge is 2.38. The van der Waals surface area contributed by atoms with Crippen LogP contribution in [0.2, 0.25) is 0 Å². The lowest BCUT2D eigenvalue weighted by Crippen LogP contribution is -2.48. The molecule has 21 heavy (non-hydrogen) atoms. The monoisotopic (exact) mass is 351 g/mol. The second kappa shape index (κ2) is 6.22. The highest BCUT2D eigenvalue weighted by molar-refractivity contribution is 9.10. The number of nitrogens with one attached hydrogen (secondary N) is 1. The largest absolute Gasteiger partial charge is 0.367 e. The van der Waals surface area contributed by atoms with Crippen LogP contribution in [-0.2, 0) is 10.3 Å². The van der Waals surface area contributed by atoms with Crippen LogP contribution in [0.4, 0.5) is 10.1 Å². The first-order valence-corrected chi connectivity index (χ1v) is 7.23. The average Bonchev–Trinajstić information content (AvgIpc) is 2.45. The molecule has 1 aromatic carbocycles. The van der Waals surface area contributed by atoms with E-state index in [-0.39, 0.29) is 0 Å². The van der Waals surface area contributed by atoms with Crippen molar-refractivity contribution in [2.24, 2.45) is 5.73 Å². The number of hydrogen-bond acceptors (Lipinski definition) is 3.